The molecule has 0 amide bonds. The molecular formula is C36H68B2N4. The molecule has 2 heterocycles. The van der Waals surface area contributed by atoms with Gasteiger partial charge >= 0.3 is 0 Å². The Bertz CT molecular complexity index is 909. The van der Waals surface area contributed by atoms with Crippen LogP contribution in [0.25, 0.3) is 0 Å². The highest BCUT2D eigenvalue weighted by Crippen LogP contribution is 2.44. The van der Waals surface area contributed by atoms with Gasteiger partial charge in [0.25, 0.3) is 0 Å². The molecule has 2 saturated heterocycles. The van der Waals surface area contributed by atoms with Crippen molar-refractivity contribution in [1.82, 2.24) is 9.80 Å². The molecule has 2 saturated carbocycles. The van der Waals surface area contributed by atoms with E-state index in [9.17, 15) is 0 Å². The molecule has 4 fully saturated rings. The number of amidine groups is 2. The summed E-state index contributed by atoms with van der Waals surface area (Å²) >= 11 is 0. The van der Waals surface area contributed by atoms with Crippen LogP contribution in [0.5, 0.6) is 0 Å². The predicted octanol–water partition coefficient (Wildman–Crippen LogP) is 7.58. The maximum absolute atomic E-state index is 5.76. The number of piperidine rings is 2. The summed E-state index contributed by atoms with van der Waals surface area (Å²) in [6.45, 7) is 20.2. The van der Waals surface area contributed by atoms with Gasteiger partial charge in [-0.3, -0.25) is 9.98 Å². The van der Waals surface area contributed by atoms with Crippen molar-refractivity contribution < 1.29 is 0 Å². The van der Waals surface area contributed by atoms with Crippen LogP contribution in [0.2, 0.25) is 11.6 Å². The molecule has 2 aliphatic heterocycles. The molecule has 0 aromatic rings. The lowest BCUT2D eigenvalue weighted by molar-refractivity contribution is 0.125. The molecule has 0 aromatic carbocycles. The normalized spacial score (nSPS) is 36.6. The number of aliphatic imine (C=N–C) groups is 2. The van der Waals surface area contributed by atoms with Crippen molar-refractivity contribution in [1.29, 1.82) is 0 Å². The van der Waals surface area contributed by atoms with Crippen molar-refractivity contribution in [3.8, 4) is 0 Å². The minimum Gasteiger partial charge on any atom is -0.358 e. The van der Waals surface area contributed by atoms with E-state index in [0.29, 0.717) is 36.0 Å². The zero-order valence-corrected chi connectivity index (χ0v) is 29.7. The van der Waals surface area contributed by atoms with Gasteiger partial charge in [-0.1, -0.05) is 63.0 Å². The van der Waals surface area contributed by atoms with Gasteiger partial charge in [-0.15, -0.1) is 0 Å². The number of nitrogens with zero attached hydrogens (tertiary/aromatic N) is 4. The average Bonchev–Trinajstić information content (AvgIpc) is 2.95. The van der Waals surface area contributed by atoms with Crippen LogP contribution in [0.15, 0.2) is 9.98 Å². The maximum Gasteiger partial charge on any atom is 0.105 e. The van der Waals surface area contributed by atoms with E-state index in [0.717, 1.165) is 29.9 Å². The SMILES string of the molecule is BC1CCCC2CCN(C(C)C)/C(=N/C(C)CC3CC4CC(B)CCCCC4/C(=N/C(C)(C)C)N3C(C)C)C2CCC1. The van der Waals surface area contributed by atoms with Gasteiger partial charge in [-0.25, -0.2) is 0 Å². The van der Waals surface area contributed by atoms with Crippen LogP contribution in [0.4, 0.5) is 0 Å². The third kappa shape index (κ3) is 8.83. The summed E-state index contributed by atoms with van der Waals surface area (Å²) < 4.78 is 0. The first-order valence-electron chi connectivity index (χ1n) is 18.6. The Hall–Kier alpha value is -0.930. The van der Waals surface area contributed by atoms with Crippen LogP contribution in [-0.4, -0.2) is 73.4 Å². The molecule has 8 atom stereocenters. The zero-order chi connectivity index (χ0) is 30.6. The summed E-state index contributed by atoms with van der Waals surface area (Å²) in [6, 6.07) is 1.89. The Kier molecular flexibility index (Phi) is 12.0. The summed E-state index contributed by atoms with van der Waals surface area (Å²) in [5, 5.41) is 0. The smallest absolute Gasteiger partial charge is 0.105 e. The Labute approximate surface area is 263 Å². The van der Waals surface area contributed by atoms with Crippen molar-refractivity contribution >= 4 is 27.4 Å². The summed E-state index contributed by atoms with van der Waals surface area (Å²) in [4.78, 5) is 16.8. The lowest BCUT2D eigenvalue weighted by Crippen LogP contribution is -2.56. The maximum atomic E-state index is 5.76. The monoisotopic (exact) mass is 579 g/mol. The van der Waals surface area contributed by atoms with Crippen LogP contribution < -0.4 is 0 Å². The van der Waals surface area contributed by atoms with Gasteiger partial charge < -0.3 is 9.80 Å². The predicted molar refractivity (Wildman–Crippen MR) is 190 cm³/mol. The van der Waals surface area contributed by atoms with E-state index in [1.807, 2.05) is 0 Å². The summed E-state index contributed by atoms with van der Waals surface area (Å²) in [5.41, 5.74) is -0.0436. The molecule has 0 bridgehead atoms. The molecule has 238 valence electrons. The van der Waals surface area contributed by atoms with E-state index in [-0.39, 0.29) is 5.54 Å². The second-order valence-electron chi connectivity index (χ2n) is 17.0. The number of hydrogen-bond donors (Lipinski definition) is 0. The fourth-order valence-electron chi connectivity index (χ4n) is 9.39. The highest BCUT2D eigenvalue weighted by Gasteiger charge is 2.43. The second kappa shape index (κ2) is 14.9. The lowest BCUT2D eigenvalue weighted by Gasteiger charge is -2.51. The molecule has 4 nitrogen and oxygen atoms in total. The first-order valence-corrected chi connectivity index (χ1v) is 18.6. The number of rotatable bonds is 5. The Morgan fingerprint density at radius 1 is 0.714 bits per heavy atom. The van der Waals surface area contributed by atoms with Gasteiger partial charge in [0.15, 0.2) is 0 Å². The molecule has 0 radical (unpaired) electrons. The van der Waals surface area contributed by atoms with E-state index in [4.69, 9.17) is 9.98 Å². The van der Waals surface area contributed by atoms with Crippen molar-refractivity contribution in [2.45, 2.75) is 187 Å². The highest BCUT2D eigenvalue weighted by atomic mass is 15.3. The Balaban J connectivity index is 1.64. The van der Waals surface area contributed by atoms with Gasteiger partial charge in [-0.2, -0.15) is 0 Å². The molecule has 0 N–H and O–H groups in total. The van der Waals surface area contributed by atoms with E-state index < -0.39 is 0 Å². The van der Waals surface area contributed by atoms with Gasteiger partial charge in [0, 0.05) is 36.5 Å². The van der Waals surface area contributed by atoms with Crippen LogP contribution in [0.3, 0.4) is 0 Å². The van der Waals surface area contributed by atoms with Gasteiger partial charge in [0.1, 0.15) is 27.4 Å². The molecule has 0 aromatic heterocycles. The molecule has 0 spiro atoms. The van der Waals surface area contributed by atoms with Crippen molar-refractivity contribution in [3.63, 3.8) is 0 Å². The molecular weight excluding hydrogens is 510 g/mol. The molecule has 4 rings (SSSR count). The minimum absolute atomic E-state index is 0.0436. The standard InChI is InChI=1S/C36H68B2N4/c1-24(2)41-20-19-27-13-11-15-29(37)16-12-18-32(27)34(41)39-26(5)21-31-23-28-22-30(38)14-9-10-17-33(28)35(40-36(6,7)8)42(31)25(3)4/h24-33H,9-23,37-38H2,1-8H3/b39-34+,40-35-. The topological polar surface area (TPSA) is 31.2 Å². The fraction of sp³-hybridized carbons (Fsp3) is 0.944. The van der Waals surface area contributed by atoms with E-state index in [2.05, 4.69) is 80.9 Å². The Morgan fingerprint density at radius 2 is 1.33 bits per heavy atom. The van der Waals surface area contributed by atoms with Crippen LogP contribution in [0, 0.1) is 23.7 Å². The van der Waals surface area contributed by atoms with Crippen LogP contribution in [0.1, 0.15) is 145 Å². The minimum atomic E-state index is -0.0436. The molecule has 2 aliphatic carbocycles. The zero-order valence-electron chi connectivity index (χ0n) is 29.7. The van der Waals surface area contributed by atoms with Gasteiger partial charge in [0.2, 0.25) is 0 Å². The Morgan fingerprint density at radius 3 is 2.00 bits per heavy atom. The third-order valence-electron chi connectivity index (χ3n) is 11.3. The number of likely N-dealkylation sites (tertiary alicyclic amines) is 2. The second-order valence-corrected chi connectivity index (χ2v) is 17.0. The largest absolute Gasteiger partial charge is 0.358 e. The highest BCUT2D eigenvalue weighted by molar-refractivity contribution is 6.11. The van der Waals surface area contributed by atoms with E-state index >= 15 is 0 Å². The van der Waals surface area contributed by atoms with Crippen molar-refractivity contribution in [2.24, 2.45) is 33.7 Å². The summed E-state index contributed by atoms with van der Waals surface area (Å²) in [7, 11) is 5.00. The first kappa shape index (κ1) is 34.0. The third-order valence-corrected chi connectivity index (χ3v) is 11.3. The number of fused-ring (bicyclic) bond motifs is 2. The molecule has 8 unspecified atom stereocenters. The number of hydrogen-bond acceptors (Lipinski definition) is 2. The van der Waals surface area contributed by atoms with Crippen molar-refractivity contribution in [3.05, 3.63) is 0 Å². The fourth-order valence-corrected chi connectivity index (χ4v) is 9.39. The van der Waals surface area contributed by atoms with Crippen molar-refractivity contribution in [2.75, 3.05) is 6.54 Å². The first-order chi connectivity index (χ1) is 19.8. The summed E-state index contributed by atoms with van der Waals surface area (Å²) in [6.07, 6.45) is 19.1. The van der Waals surface area contributed by atoms with Crippen LogP contribution >= 0.6 is 0 Å². The molecule has 42 heavy (non-hydrogen) atoms. The lowest BCUT2D eigenvalue weighted by atomic mass is 9.66. The van der Waals surface area contributed by atoms with E-state index in [1.165, 1.54) is 102 Å². The average molecular weight is 579 g/mol. The quantitative estimate of drug-likeness (QED) is 0.315. The summed E-state index contributed by atoms with van der Waals surface area (Å²) in [5.74, 6) is 7.55. The van der Waals surface area contributed by atoms with E-state index in [1.54, 1.807) is 0 Å². The van der Waals surface area contributed by atoms with Gasteiger partial charge in [0.05, 0.1) is 11.6 Å². The van der Waals surface area contributed by atoms with Gasteiger partial charge in [-0.05, 0) is 106 Å². The molecule has 4 aliphatic rings. The molecule has 6 heteroatoms. The van der Waals surface area contributed by atoms with Crippen LogP contribution in [-0.2, 0) is 0 Å².